The van der Waals surface area contributed by atoms with Crippen LogP contribution in [0.15, 0.2) is 46.8 Å². The van der Waals surface area contributed by atoms with Gasteiger partial charge in [0.1, 0.15) is 5.60 Å². The zero-order valence-corrected chi connectivity index (χ0v) is 21.1. The zero-order chi connectivity index (χ0) is 20.9. The van der Waals surface area contributed by atoms with Crippen LogP contribution < -0.4 is 14.9 Å². The summed E-state index contributed by atoms with van der Waals surface area (Å²) in [6, 6.07) is 11.4. The van der Waals surface area contributed by atoms with Crippen molar-refractivity contribution >= 4 is 57.0 Å². The lowest BCUT2D eigenvalue weighted by Crippen LogP contribution is -2.42. The number of thiophene rings is 1. The number of nitrogens with one attached hydrogen (secondary N) is 2. The molecule has 0 aliphatic carbocycles. The van der Waals surface area contributed by atoms with E-state index in [0.717, 1.165) is 22.5 Å². The minimum absolute atomic E-state index is 0. The maximum atomic E-state index is 12.8. The van der Waals surface area contributed by atoms with Gasteiger partial charge in [0.25, 0.3) is 0 Å². The lowest BCUT2D eigenvalue weighted by molar-refractivity contribution is 0.0711. The SMILES string of the molecule is CCNC(=NCC(C)(O)c1cccs1)NCCS(=O)(=O)N1CCc2ccccc21.I. The lowest BCUT2D eigenvalue weighted by Gasteiger charge is -2.21. The molecule has 2 aromatic rings. The van der Waals surface area contributed by atoms with Crippen molar-refractivity contribution in [2.75, 3.05) is 36.2 Å². The molecule has 2 heterocycles. The molecule has 10 heteroatoms. The summed E-state index contributed by atoms with van der Waals surface area (Å²) in [5.41, 5.74) is 0.775. The second-order valence-corrected chi connectivity index (χ2v) is 10.1. The molecular formula is C20H29IN4O3S2. The van der Waals surface area contributed by atoms with E-state index in [9.17, 15) is 13.5 Å². The first-order valence-electron chi connectivity index (χ1n) is 9.70. The molecule has 3 N–H and O–H groups in total. The molecule has 0 radical (unpaired) electrons. The molecule has 3 rings (SSSR count). The lowest BCUT2D eigenvalue weighted by atomic mass is 10.1. The first kappa shape index (κ1) is 24.9. The topological polar surface area (TPSA) is 94.0 Å². The van der Waals surface area contributed by atoms with Gasteiger partial charge >= 0.3 is 0 Å². The van der Waals surface area contributed by atoms with Gasteiger partial charge < -0.3 is 15.7 Å². The van der Waals surface area contributed by atoms with Crippen LogP contribution >= 0.6 is 35.3 Å². The predicted molar refractivity (Wildman–Crippen MR) is 135 cm³/mol. The highest BCUT2D eigenvalue weighted by Crippen LogP contribution is 2.30. The van der Waals surface area contributed by atoms with Crippen molar-refractivity contribution in [2.24, 2.45) is 4.99 Å². The summed E-state index contributed by atoms with van der Waals surface area (Å²) in [4.78, 5) is 5.28. The Morgan fingerprint density at radius 3 is 2.73 bits per heavy atom. The van der Waals surface area contributed by atoms with Gasteiger partial charge in [-0.1, -0.05) is 24.3 Å². The van der Waals surface area contributed by atoms with Gasteiger partial charge in [-0.3, -0.25) is 4.31 Å². The monoisotopic (exact) mass is 564 g/mol. The minimum Gasteiger partial charge on any atom is -0.383 e. The van der Waals surface area contributed by atoms with E-state index in [0.29, 0.717) is 19.0 Å². The van der Waals surface area contributed by atoms with Gasteiger partial charge in [0.2, 0.25) is 10.0 Å². The standard InChI is InChI=1S/C20H28N4O3S2.HI/c1-3-21-19(23-15-20(2,25)18-9-6-13-28-18)22-11-14-29(26,27)24-12-10-16-7-4-5-8-17(16)24;/h4-9,13,25H,3,10-12,14-15H2,1-2H3,(H2,21,22,23);1H. The van der Waals surface area contributed by atoms with Crippen molar-refractivity contribution in [1.29, 1.82) is 0 Å². The van der Waals surface area contributed by atoms with Crippen LogP contribution in [0, 0.1) is 0 Å². The number of rotatable bonds is 8. The summed E-state index contributed by atoms with van der Waals surface area (Å²) in [6.45, 7) is 5.19. The van der Waals surface area contributed by atoms with E-state index >= 15 is 0 Å². The largest absolute Gasteiger partial charge is 0.383 e. The molecule has 30 heavy (non-hydrogen) atoms. The Hall–Kier alpha value is -1.37. The number of hydrogen-bond acceptors (Lipinski definition) is 5. The summed E-state index contributed by atoms with van der Waals surface area (Å²) < 4.78 is 27.1. The first-order chi connectivity index (χ1) is 13.8. The Morgan fingerprint density at radius 1 is 1.27 bits per heavy atom. The van der Waals surface area contributed by atoms with Crippen molar-refractivity contribution in [1.82, 2.24) is 10.6 Å². The van der Waals surface area contributed by atoms with E-state index < -0.39 is 15.6 Å². The summed E-state index contributed by atoms with van der Waals surface area (Å²) in [5.74, 6) is 0.453. The van der Waals surface area contributed by atoms with Gasteiger partial charge in [-0.25, -0.2) is 13.4 Å². The van der Waals surface area contributed by atoms with Crippen molar-refractivity contribution in [2.45, 2.75) is 25.9 Å². The molecule has 0 bridgehead atoms. The first-order valence-corrected chi connectivity index (χ1v) is 12.2. The van der Waals surface area contributed by atoms with Crippen LogP contribution in [0.1, 0.15) is 24.3 Å². The van der Waals surface area contributed by atoms with Crippen molar-refractivity contribution < 1.29 is 13.5 Å². The molecule has 1 aromatic heterocycles. The number of nitrogens with zero attached hydrogens (tertiary/aromatic N) is 2. The zero-order valence-electron chi connectivity index (χ0n) is 17.2. The van der Waals surface area contributed by atoms with Gasteiger partial charge in [-0.05, 0) is 43.3 Å². The maximum Gasteiger partial charge on any atom is 0.236 e. The Labute approximate surface area is 199 Å². The number of aliphatic hydroxyl groups is 1. The van der Waals surface area contributed by atoms with E-state index in [4.69, 9.17) is 0 Å². The molecule has 7 nitrogen and oxygen atoms in total. The van der Waals surface area contributed by atoms with Crippen LogP contribution in [0.25, 0.3) is 0 Å². The molecular weight excluding hydrogens is 535 g/mol. The number of hydrogen-bond donors (Lipinski definition) is 3. The highest BCUT2D eigenvalue weighted by Gasteiger charge is 2.29. The molecule has 1 atom stereocenters. The number of benzene rings is 1. The van der Waals surface area contributed by atoms with Crippen LogP contribution in [0.3, 0.4) is 0 Å². The predicted octanol–water partition coefficient (Wildman–Crippen LogP) is 2.52. The average Bonchev–Trinajstić information content (AvgIpc) is 3.36. The smallest absolute Gasteiger partial charge is 0.236 e. The molecule has 0 saturated heterocycles. The van der Waals surface area contributed by atoms with Gasteiger partial charge in [0.15, 0.2) is 5.96 Å². The third-order valence-corrected chi connectivity index (χ3v) is 7.67. The molecule has 0 amide bonds. The van der Waals surface area contributed by atoms with E-state index in [1.165, 1.54) is 15.6 Å². The number of halogens is 1. The van der Waals surface area contributed by atoms with Crippen LogP contribution in [0.4, 0.5) is 5.69 Å². The highest BCUT2D eigenvalue weighted by molar-refractivity contribution is 14.0. The third kappa shape index (κ3) is 6.08. The second kappa shape index (κ2) is 10.8. The Morgan fingerprint density at radius 2 is 2.03 bits per heavy atom. The van der Waals surface area contributed by atoms with Crippen LogP contribution in [0.5, 0.6) is 0 Å². The second-order valence-electron chi connectivity index (χ2n) is 7.14. The van der Waals surface area contributed by atoms with Crippen LogP contribution in [-0.2, 0) is 22.0 Å². The molecule has 1 unspecified atom stereocenters. The van der Waals surface area contributed by atoms with Gasteiger partial charge in [-0.15, -0.1) is 35.3 Å². The molecule has 1 aliphatic heterocycles. The quantitative estimate of drug-likeness (QED) is 0.260. The fourth-order valence-electron chi connectivity index (χ4n) is 3.24. The Balaban J connectivity index is 0.00000320. The molecule has 1 aliphatic rings. The molecule has 0 spiro atoms. The normalized spacial score (nSPS) is 15.8. The molecule has 1 aromatic carbocycles. The number of para-hydroxylation sites is 1. The van der Waals surface area contributed by atoms with Gasteiger partial charge in [-0.2, -0.15) is 0 Å². The van der Waals surface area contributed by atoms with Gasteiger partial charge in [0.05, 0.1) is 18.0 Å². The molecule has 0 saturated carbocycles. The van der Waals surface area contributed by atoms with Crippen molar-refractivity contribution in [3.63, 3.8) is 0 Å². The Kier molecular flexibility index (Phi) is 8.95. The van der Waals surface area contributed by atoms with Crippen molar-refractivity contribution in [3.05, 3.63) is 52.2 Å². The highest BCUT2D eigenvalue weighted by atomic mass is 127. The van der Waals surface area contributed by atoms with E-state index in [-0.39, 0.29) is 42.8 Å². The Bertz CT molecular complexity index is 947. The summed E-state index contributed by atoms with van der Waals surface area (Å²) in [6.07, 6.45) is 0.741. The third-order valence-electron chi connectivity index (χ3n) is 4.77. The number of aliphatic imine (C=N–C) groups is 1. The number of anilines is 1. The van der Waals surface area contributed by atoms with Crippen LogP contribution in [-0.4, -0.2) is 51.4 Å². The minimum atomic E-state index is -3.42. The number of fused-ring (bicyclic) bond motifs is 1. The molecule has 0 fully saturated rings. The van der Waals surface area contributed by atoms with E-state index in [1.807, 2.05) is 48.7 Å². The summed E-state index contributed by atoms with van der Waals surface area (Å²) in [5, 5.41) is 18.7. The summed E-state index contributed by atoms with van der Waals surface area (Å²) in [7, 11) is -3.42. The average molecular weight is 565 g/mol. The van der Waals surface area contributed by atoms with Gasteiger partial charge in [0, 0.05) is 24.5 Å². The number of sulfonamides is 1. The van der Waals surface area contributed by atoms with E-state index in [2.05, 4.69) is 15.6 Å². The van der Waals surface area contributed by atoms with Crippen LogP contribution in [0.2, 0.25) is 0 Å². The maximum absolute atomic E-state index is 12.8. The summed E-state index contributed by atoms with van der Waals surface area (Å²) >= 11 is 1.48. The molecule has 166 valence electrons. The fourth-order valence-corrected chi connectivity index (χ4v) is 5.45. The van der Waals surface area contributed by atoms with Crippen molar-refractivity contribution in [3.8, 4) is 0 Å². The fraction of sp³-hybridized carbons (Fsp3) is 0.450. The van der Waals surface area contributed by atoms with E-state index in [1.54, 1.807) is 6.92 Å². The number of guanidine groups is 1.